The van der Waals surface area contributed by atoms with Gasteiger partial charge in [-0.15, -0.1) is 11.3 Å². The maximum absolute atomic E-state index is 9.45. The third-order valence-corrected chi connectivity index (χ3v) is 8.37. The minimum Gasteiger partial charge on any atom is -0.208 e. The van der Waals surface area contributed by atoms with Crippen molar-refractivity contribution in [1.29, 1.82) is 0 Å². The number of benzene rings is 6. The number of aromatic nitrogens is 3. The lowest BCUT2D eigenvalue weighted by Gasteiger charge is -2.10. The smallest absolute Gasteiger partial charge is 0.164 e. The van der Waals surface area contributed by atoms with Gasteiger partial charge >= 0.3 is 0 Å². The molecule has 4 heteroatoms. The largest absolute Gasteiger partial charge is 0.208 e. The Hall–Kier alpha value is -5.45. The maximum atomic E-state index is 9.45. The summed E-state index contributed by atoms with van der Waals surface area (Å²) in [5, 5.41) is 0.556. The number of thiophene rings is 1. The summed E-state index contributed by atoms with van der Waals surface area (Å²) in [5.74, 6) is 0.819. The molecule has 0 amide bonds. The molecule has 0 fully saturated rings. The third-order valence-electron chi connectivity index (χ3n) is 7.24. The first-order valence-electron chi connectivity index (χ1n) is 16.8. The maximum Gasteiger partial charge on any atom is 0.164 e. The summed E-state index contributed by atoms with van der Waals surface area (Å²) < 4.78 is 55.0. The first-order valence-corrected chi connectivity index (χ1v) is 14.6. The van der Waals surface area contributed by atoms with E-state index in [0.29, 0.717) is 37.6 Å². The monoisotopic (exact) mass is 573 g/mol. The SMILES string of the molecule is [2H]c1c([2H])c([2H])c2c(sc3c([2H])c(-c4nc(-c5ccccc5)nc(-c5cccc(-c6ccccc6)c5)n4)c([2H])c([2H])c32)c1-c1ccccc1. The lowest BCUT2D eigenvalue weighted by atomic mass is 10.0. The van der Waals surface area contributed by atoms with Gasteiger partial charge in [0.05, 0.1) is 8.22 Å². The second-order valence-corrected chi connectivity index (χ2v) is 11.0. The van der Waals surface area contributed by atoms with Crippen LogP contribution in [0.25, 0.3) is 76.6 Å². The lowest BCUT2D eigenvalue weighted by Crippen LogP contribution is -2.00. The van der Waals surface area contributed by atoms with E-state index in [1.54, 1.807) is 0 Å². The Balaban J connectivity index is 1.40. The van der Waals surface area contributed by atoms with E-state index in [4.69, 9.17) is 19.1 Å². The van der Waals surface area contributed by atoms with Gasteiger partial charge in [-0.25, -0.2) is 15.0 Å². The fraction of sp³-hybridized carbons (Fsp3) is 0. The van der Waals surface area contributed by atoms with Crippen molar-refractivity contribution in [3.05, 3.63) is 152 Å². The zero-order valence-electron chi connectivity index (χ0n) is 28.7. The van der Waals surface area contributed by atoms with Crippen molar-refractivity contribution in [3.8, 4) is 56.4 Å². The molecule has 6 aromatic carbocycles. The van der Waals surface area contributed by atoms with Crippen LogP contribution < -0.4 is 0 Å². The minimum atomic E-state index is -0.264. The normalized spacial score (nSPS) is 13.2. The van der Waals surface area contributed by atoms with E-state index >= 15 is 0 Å². The fourth-order valence-corrected chi connectivity index (χ4v) is 6.28. The molecule has 0 aliphatic heterocycles. The van der Waals surface area contributed by atoms with Gasteiger partial charge < -0.3 is 0 Å². The Kier molecular flexibility index (Phi) is 4.91. The first-order chi connectivity index (χ1) is 23.8. The second kappa shape index (κ2) is 10.8. The van der Waals surface area contributed by atoms with Crippen molar-refractivity contribution in [3.63, 3.8) is 0 Å². The molecule has 0 saturated carbocycles. The van der Waals surface area contributed by atoms with Crippen LogP contribution in [-0.4, -0.2) is 15.0 Å². The molecular formula is C39H25N3S. The van der Waals surface area contributed by atoms with Gasteiger partial charge in [0.15, 0.2) is 17.5 Å². The molecular weight excluding hydrogens is 543 g/mol. The molecule has 0 aliphatic rings. The fourth-order valence-electron chi connectivity index (χ4n) is 5.14. The summed E-state index contributed by atoms with van der Waals surface area (Å²) in [4.78, 5) is 14.4. The van der Waals surface area contributed by atoms with Crippen LogP contribution in [0.4, 0.5) is 0 Å². The van der Waals surface area contributed by atoms with Crippen LogP contribution in [0.1, 0.15) is 8.22 Å². The number of nitrogens with zero attached hydrogens (tertiary/aromatic N) is 3. The van der Waals surface area contributed by atoms with Gasteiger partial charge in [0.25, 0.3) is 0 Å². The highest BCUT2D eigenvalue weighted by Crippen LogP contribution is 2.41. The lowest BCUT2D eigenvalue weighted by molar-refractivity contribution is 1.07. The van der Waals surface area contributed by atoms with E-state index in [9.17, 15) is 4.11 Å². The van der Waals surface area contributed by atoms with Gasteiger partial charge in [0, 0.05) is 36.9 Å². The quantitative estimate of drug-likeness (QED) is 0.206. The molecule has 2 aromatic heterocycles. The van der Waals surface area contributed by atoms with Crippen LogP contribution in [0.5, 0.6) is 0 Å². The van der Waals surface area contributed by atoms with Crippen LogP contribution in [-0.2, 0) is 0 Å². The van der Waals surface area contributed by atoms with E-state index in [1.807, 2.05) is 115 Å². The Labute approximate surface area is 262 Å². The van der Waals surface area contributed by atoms with E-state index in [-0.39, 0.29) is 53.0 Å². The molecule has 3 nitrogen and oxygen atoms in total. The highest BCUT2D eigenvalue weighted by atomic mass is 32.1. The predicted molar refractivity (Wildman–Crippen MR) is 180 cm³/mol. The van der Waals surface area contributed by atoms with Gasteiger partial charge in [-0.3, -0.25) is 0 Å². The second-order valence-electron chi connectivity index (χ2n) is 10.00. The summed E-state index contributed by atoms with van der Waals surface area (Å²) in [6.07, 6.45) is 0. The van der Waals surface area contributed by atoms with Gasteiger partial charge in [-0.1, -0.05) is 139 Å². The summed E-state index contributed by atoms with van der Waals surface area (Å²) in [6.45, 7) is 0. The minimum absolute atomic E-state index is 0.0529. The molecule has 0 radical (unpaired) electrons. The molecule has 8 rings (SSSR count). The molecule has 8 aromatic rings. The molecule has 0 N–H and O–H groups in total. The third kappa shape index (κ3) is 4.78. The summed E-state index contributed by atoms with van der Waals surface area (Å²) in [6, 6.07) is 35.5. The standard InChI is InChI=1S/C39H25N3S/c1-4-12-26(13-5-1)29-18-10-19-30(24-29)38-40-37(28-16-8-3-9-17-28)41-39(42-38)31-22-23-33-34-21-11-20-32(27-14-6-2-7-15-27)36(34)43-35(33)25-31/h1-25H/i11D,20D,21D,22D,23D,25D. The number of hydrogen-bond donors (Lipinski definition) is 0. The first kappa shape index (κ1) is 19.6. The average Bonchev–Trinajstić information content (AvgIpc) is 3.55. The topological polar surface area (TPSA) is 38.7 Å². The van der Waals surface area contributed by atoms with Crippen molar-refractivity contribution >= 4 is 31.5 Å². The highest BCUT2D eigenvalue weighted by molar-refractivity contribution is 7.26. The number of rotatable bonds is 5. The average molecular weight is 574 g/mol. The zero-order chi connectivity index (χ0) is 33.8. The van der Waals surface area contributed by atoms with Crippen LogP contribution in [0.3, 0.4) is 0 Å². The molecule has 2 heterocycles. The van der Waals surface area contributed by atoms with Gasteiger partial charge in [0.1, 0.15) is 0 Å². The van der Waals surface area contributed by atoms with Gasteiger partial charge in [-0.05, 0) is 34.4 Å². The summed E-state index contributed by atoms with van der Waals surface area (Å²) in [5.41, 5.74) is 4.72. The van der Waals surface area contributed by atoms with Crippen LogP contribution in [0.15, 0.2) is 152 Å². The Morgan fingerprint density at radius 2 is 1.05 bits per heavy atom. The van der Waals surface area contributed by atoms with Crippen LogP contribution >= 0.6 is 11.3 Å². The Morgan fingerprint density at radius 1 is 0.465 bits per heavy atom. The van der Waals surface area contributed by atoms with Crippen molar-refractivity contribution in [2.24, 2.45) is 0 Å². The van der Waals surface area contributed by atoms with Crippen LogP contribution in [0.2, 0.25) is 0 Å². The van der Waals surface area contributed by atoms with Crippen LogP contribution in [0, 0.1) is 0 Å². The van der Waals surface area contributed by atoms with Gasteiger partial charge in [0.2, 0.25) is 0 Å². The predicted octanol–water partition coefficient (Wildman–Crippen LogP) is 10.6. The summed E-state index contributed by atoms with van der Waals surface area (Å²) in [7, 11) is 0. The molecule has 202 valence electrons. The van der Waals surface area contributed by atoms with E-state index < -0.39 is 0 Å². The van der Waals surface area contributed by atoms with Crippen molar-refractivity contribution in [2.45, 2.75) is 0 Å². The molecule has 43 heavy (non-hydrogen) atoms. The summed E-state index contributed by atoms with van der Waals surface area (Å²) >= 11 is 1.19. The van der Waals surface area contributed by atoms with E-state index in [1.165, 1.54) is 11.3 Å². The number of fused-ring (bicyclic) bond motifs is 3. The molecule has 0 bridgehead atoms. The van der Waals surface area contributed by atoms with E-state index in [2.05, 4.69) is 0 Å². The molecule has 0 aliphatic carbocycles. The van der Waals surface area contributed by atoms with Crippen molar-refractivity contribution < 1.29 is 8.22 Å². The highest BCUT2D eigenvalue weighted by Gasteiger charge is 2.15. The van der Waals surface area contributed by atoms with Crippen molar-refractivity contribution in [2.75, 3.05) is 0 Å². The Morgan fingerprint density at radius 3 is 1.77 bits per heavy atom. The van der Waals surface area contributed by atoms with E-state index in [0.717, 1.165) is 22.3 Å². The van der Waals surface area contributed by atoms with Gasteiger partial charge in [-0.2, -0.15) is 0 Å². The van der Waals surface area contributed by atoms with Crippen molar-refractivity contribution in [1.82, 2.24) is 15.0 Å². The molecule has 0 spiro atoms. The molecule has 0 atom stereocenters. The molecule has 0 saturated heterocycles. The Bertz CT molecular complexity index is 2560. The zero-order valence-corrected chi connectivity index (χ0v) is 23.5. The molecule has 0 unspecified atom stereocenters. The number of hydrogen-bond acceptors (Lipinski definition) is 4.